The van der Waals surface area contributed by atoms with Crippen molar-refractivity contribution < 1.29 is 0 Å². The van der Waals surface area contributed by atoms with Crippen molar-refractivity contribution in [1.82, 2.24) is 9.97 Å². The van der Waals surface area contributed by atoms with E-state index in [9.17, 15) is 0 Å². The third-order valence-electron chi connectivity index (χ3n) is 4.11. The lowest BCUT2D eigenvalue weighted by atomic mass is 9.97. The number of H-pyrrole nitrogens is 1. The third kappa shape index (κ3) is 1.88. The molecule has 0 spiro atoms. The topological polar surface area (TPSA) is 54.7 Å². The van der Waals surface area contributed by atoms with Gasteiger partial charge in [-0.2, -0.15) is 0 Å². The van der Waals surface area contributed by atoms with E-state index in [0.29, 0.717) is 0 Å². The monoisotopic (exact) mass is 219 g/mol. The molecule has 88 valence electrons. The van der Waals surface area contributed by atoms with Gasteiger partial charge in [-0.05, 0) is 25.2 Å². The maximum Gasteiger partial charge on any atom is 0.106 e. The fourth-order valence-corrected chi connectivity index (χ4v) is 3.20. The van der Waals surface area contributed by atoms with Crippen molar-refractivity contribution in [2.24, 2.45) is 11.7 Å². The van der Waals surface area contributed by atoms with E-state index in [1.807, 2.05) is 0 Å². The average molecular weight is 219 g/mol. The van der Waals surface area contributed by atoms with Crippen molar-refractivity contribution in [2.45, 2.75) is 57.4 Å². The smallest absolute Gasteiger partial charge is 0.106 e. The van der Waals surface area contributed by atoms with E-state index in [1.54, 1.807) is 0 Å². The molecule has 3 heteroatoms. The normalized spacial score (nSPS) is 25.9. The van der Waals surface area contributed by atoms with Gasteiger partial charge >= 0.3 is 0 Å². The second kappa shape index (κ2) is 4.21. The predicted molar refractivity (Wildman–Crippen MR) is 64.1 cm³/mol. The molecule has 1 aromatic heterocycles. The number of nitrogens with one attached hydrogen (secondary N) is 1. The molecule has 2 aliphatic rings. The van der Waals surface area contributed by atoms with Crippen LogP contribution in [0.5, 0.6) is 0 Å². The van der Waals surface area contributed by atoms with Crippen LogP contribution in [-0.4, -0.2) is 9.97 Å². The molecule has 3 nitrogen and oxygen atoms in total. The van der Waals surface area contributed by atoms with Gasteiger partial charge in [0.05, 0.1) is 5.69 Å². The number of aryl methyl sites for hydroxylation is 1. The van der Waals surface area contributed by atoms with Gasteiger partial charge in [0.1, 0.15) is 5.82 Å². The van der Waals surface area contributed by atoms with Crippen molar-refractivity contribution in [3.8, 4) is 0 Å². The number of aromatic amines is 1. The van der Waals surface area contributed by atoms with Crippen LogP contribution in [0.2, 0.25) is 0 Å². The summed E-state index contributed by atoms with van der Waals surface area (Å²) in [5.74, 6) is 2.05. The van der Waals surface area contributed by atoms with E-state index in [-0.39, 0.29) is 6.04 Å². The van der Waals surface area contributed by atoms with E-state index < -0.39 is 0 Å². The minimum atomic E-state index is 0.178. The molecule has 0 amide bonds. The quantitative estimate of drug-likeness (QED) is 0.803. The molecule has 0 aromatic carbocycles. The summed E-state index contributed by atoms with van der Waals surface area (Å²) in [7, 11) is 0. The van der Waals surface area contributed by atoms with Crippen LogP contribution in [0.4, 0.5) is 0 Å². The fourth-order valence-electron chi connectivity index (χ4n) is 3.20. The molecule has 1 fully saturated rings. The molecule has 1 aromatic rings. The first-order valence-corrected chi connectivity index (χ1v) is 6.66. The lowest BCUT2D eigenvalue weighted by Gasteiger charge is -2.15. The molecule has 3 N–H and O–H groups in total. The number of rotatable bonds is 2. The summed E-state index contributed by atoms with van der Waals surface area (Å²) in [6, 6.07) is 0.178. The van der Waals surface area contributed by atoms with E-state index in [4.69, 9.17) is 10.7 Å². The van der Waals surface area contributed by atoms with Crippen molar-refractivity contribution in [3.63, 3.8) is 0 Å². The summed E-state index contributed by atoms with van der Waals surface area (Å²) in [5, 5.41) is 0. The van der Waals surface area contributed by atoms with Crippen LogP contribution in [0.1, 0.15) is 61.8 Å². The number of fused-ring (bicyclic) bond motifs is 1. The SMILES string of the molecule is NC1CCCc2[nH]c(CC3CCCC3)nc21. The van der Waals surface area contributed by atoms with Gasteiger partial charge < -0.3 is 10.7 Å². The highest BCUT2D eigenvalue weighted by atomic mass is 15.0. The zero-order chi connectivity index (χ0) is 11.0. The lowest BCUT2D eigenvalue weighted by molar-refractivity contribution is 0.531. The summed E-state index contributed by atoms with van der Waals surface area (Å²) in [5.41, 5.74) is 8.55. The molecule has 1 unspecified atom stereocenters. The molecule has 1 atom stereocenters. The molecule has 1 saturated carbocycles. The molecule has 1 heterocycles. The summed E-state index contributed by atoms with van der Waals surface area (Å²) in [4.78, 5) is 8.21. The highest BCUT2D eigenvalue weighted by Gasteiger charge is 2.23. The Morgan fingerprint density at radius 3 is 2.75 bits per heavy atom. The zero-order valence-electron chi connectivity index (χ0n) is 9.84. The van der Waals surface area contributed by atoms with Gasteiger partial charge in [0, 0.05) is 18.2 Å². The Bertz CT molecular complexity index is 363. The van der Waals surface area contributed by atoms with Gasteiger partial charge in [-0.3, -0.25) is 0 Å². The Morgan fingerprint density at radius 1 is 1.19 bits per heavy atom. The number of nitrogens with two attached hydrogens (primary N) is 1. The van der Waals surface area contributed by atoms with E-state index in [0.717, 1.165) is 30.9 Å². The highest BCUT2D eigenvalue weighted by Crippen LogP contribution is 2.30. The van der Waals surface area contributed by atoms with Gasteiger partial charge in [-0.1, -0.05) is 25.7 Å². The zero-order valence-corrected chi connectivity index (χ0v) is 9.84. The van der Waals surface area contributed by atoms with Gasteiger partial charge in [0.15, 0.2) is 0 Å². The van der Waals surface area contributed by atoms with Crippen LogP contribution in [0.3, 0.4) is 0 Å². The summed E-state index contributed by atoms with van der Waals surface area (Å²) in [6.07, 6.45) is 10.2. The Labute approximate surface area is 96.8 Å². The van der Waals surface area contributed by atoms with Gasteiger partial charge in [0.25, 0.3) is 0 Å². The van der Waals surface area contributed by atoms with Crippen LogP contribution in [0.15, 0.2) is 0 Å². The minimum Gasteiger partial charge on any atom is -0.346 e. The molecule has 0 aliphatic heterocycles. The largest absolute Gasteiger partial charge is 0.346 e. The predicted octanol–water partition coefficient (Wildman–Crippen LogP) is 2.48. The van der Waals surface area contributed by atoms with Crippen molar-refractivity contribution >= 4 is 0 Å². The fraction of sp³-hybridized carbons (Fsp3) is 0.769. The van der Waals surface area contributed by atoms with E-state index in [1.165, 1.54) is 43.6 Å². The molecule has 16 heavy (non-hydrogen) atoms. The number of hydrogen-bond donors (Lipinski definition) is 2. The van der Waals surface area contributed by atoms with Gasteiger partial charge in [0.2, 0.25) is 0 Å². The van der Waals surface area contributed by atoms with Crippen LogP contribution >= 0.6 is 0 Å². The maximum absolute atomic E-state index is 6.09. The molecular weight excluding hydrogens is 198 g/mol. The van der Waals surface area contributed by atoms with Crippen molar-refractivity contribution in [2.75, 3.05) is 0 Å². The van der Waals surface area contributed by atoms with Crippen molar-refractivity contribution in [1.29, 1.82) is 0 Å². The lowest BCUT2D eigenvalue weighted by Crippen LogP contribution is -2.17. The van der Waals surface area contributed by atoms with E-state index >= 15 is 0 Å². The maximum atomic E-state index is 6.09. The van der Waals surface area contributed by atoms with Crippen LogP contribution in [0.25, 0.3) is 0 Å². The summed E-state index contributed by atoms with van der Waals surface area (Å²) >= 11 is 0. The highest BCUT2D eigenvalue weighted by molar-refractivity contribution is 5.21. The number of nitrogens with zero attached hydrogens (tertiary/aromatic N) is 1. The number of hydrogen-bond acceptors (Lipinski definition) is 2. The first-order chi connectivity index (χ1) is 7.83. The Balaban J connectivity index is 1.75. The number of imidazole rings is 1. The van der Waals surface area contributed by atoms with Crippen molar-refractivity contribution in [3.05, 3.63) is 17.2 Å². The van der Waals surface area contributed by atoms with Gasteiger partial charge in [-0.25, -0.2) is 4.98 Å². The standard InChI is InChI=1S/C13H21N3/c14-10-6-3-7-11-13(10)16-12(15-11)8-9-4-1-2-5-9/h9-10H,1-8,14H2,(H,15,16). The van der Waals surface area contributed by atoms with Crippen LogP contribution in [0, 0.1) is 5.92 Å². The van der Waals surface area contributed by atoms with E-state index in [2.05, 4.69) is 4.98 Å². The minimum absolute atomic E-state index is 0.178. The molecule has 3 rings (SSSR count). The Kier molecular flexibility index (Phi) is 2.72. The Hall–Kier alpha value is -0.830. The second-order valence-electron chi connectivity index (χ2n) is 5.40. The first-order valence-electron chi connectivity index (χ1n) is 6.66. The molecule has 0 saturated heterocycles. The van der Waals surface area contributed by atoms with Gasteiger partial charge in [-0.15, -0.1) is 0 Å². The van der Waals surface area contributed by atoms with Crippen LogP contribution in [-0.2, 0) is 12.8 Å². The van der Waals surface area contributed by atoms with Crippen LogP contribution < -0.4 is 5.73 Å². The third-order valence-corrected chi connectivity index (χ3v) is 4.11. The summed E-state index contributed by atoms with van der Waals surface area (Å²) in [6.45, 7) is 0. The summed E-state index contributed by atoms with van der Waals surface area (Å²) < 4.78 is 0. The average Bonchev–Trinajstić information content (AvgIpc) is 2.88. The Morgan fingerprint density at radius 2 is 2.00 bits per heavy atom. The molecular formula is C13H21N3. The molecule has 0 bridgehead atoms. The first kappa shape index (κ1) is 10.3. The molecule has 0 radical (unpaired) electrons. The number of aromatic nitrogens is 2. The second-order valence-corrected chi connectivity index (χ2v) is 5.40. The molecule has 2 aliphatic carbocycles.